The lowest BCUT2D eigenvalue weighted by Crippen LogP contribution is -2.42. The van der Waals surface area contributed by atoms with Gasteiger partial charge in [0.1, 0.15) is 0 Å². The number of nitrogens with zero attached hydrogens (tertiary/aromatic N) is 1. The number of rotatable bonds is 5. The van der Waals surface area contributed by atoms with Crippen LogP contribution in [0.2, 0.25) is 0 Å². The van der Waals surface area contributed by atoms with Gasteiger partial charge >= 0.3 is 0 Å². The Hall–Kier alpha value is -1.35. The van der Waals surface area contributed by atoms with Crippen LogP contribution in [-0.4, -0.2) is 36.0 Å². The summed E-state index contributed by atoms with van der Waals surface area (Å²) < 4.78 is 0. The fraction of sp³-hybridized carbons (Fsp3) is 0.562. The standard InChI is InChI=1S/C16H22N2O/c1-2-18(15-7-8-15)16(19)11-17-14-9-12-5-3-4-6-13(12)10-14/h3-6,14-15,17H,2,7-11H2,1H3. The molecule has 2 aliphatic carbocycles. The Balaban J connectivity index is 1.50. The predicted octanol–water partition coefficient (Wildman–Crippen LogP) is 1.75. The van der Waals surface area contributed by atoms with Gasteiger partial charge in [-0.25, -0.2) is 0 Å². The summed E-state index contributed by atoms with van der Waals surface area (Å²) in [5, 5.41) is 3.43. The first kappa shape index (κ1) is 12.7. The van der Waals surface area contributed by atoms with Crippen LogP contribution in [-0.2, 0) is 17.6 Å². The minimum atomic E-state index is 0.265. The van der Waals surface area contributed by atoms with E-state index in [1.54, 1.807) is 0 Å². The van der Waals surface area contributed by atoms with E-state index in [0.717, 1.165) is 19.4 Å². The van der Waals surface area contributed by atoms with Crippen LogP contribution in [0.3, 0.4) is 0 Å². The molecule has 0 bridgehead atoms. The zero-order valence-corrected chi connectivity index (χ0v) is 11.6. The second kappa shape index (κ2) is 5.33. The van der Waals surface area contributed by atoms with Crippen LogP contribution in [0, 0.1) is 0 Å². The third-order valence-electron chi connectivity index (χ3n) is 4.24. The maximum absolute atomic E-state index is 12.1. The first-order valence-corrected chi connectivity index (χ1v) is 7.37. The van der Waals surface area contributed by atoms with Crippen LogP contribution in [0.5, 0.6) is 0 Å². The van der Waals surface area contributed by atoms with E-state index in [1.807, 2.05) is 4.90 Å². The Morgan fingerprint density at radius 2 is 1.89 bits per heavy atom. The van der Waals surface area contributed by atoms with Crippen LogP contribution >= 0.6 is 0 Å². The molecular formula is C16H22N2O. The zero-order valence-electron chi connectivity index (χ0n) is 11.6. The van der Waals surface area contributed by atoms with Gasteiger partial charge in [-0.15, -0.1) is 0 Å². The number of carbonyl (C=O) groups is 1. The second-order valence-electron chi connectivity index (χ2n) is 5.67. The molecule has 0 unspecified atom stereocenters. The van der Waals surface area contributed by atoms with Crippen molar-refractivity contribution in [1.29, 1.82) is 0 Å². The van der Waals surface area contributed by atoms with Crippen molar-refractivity contribution in [3.63, 3.8) is 0 Å². The first-order chi connectivity index (χ1) is 9.28. The Labute approximate surface area is 115 Å². The van der Waals surface area contributed by atoms with E-state index in [0.29, 0.717) is 18.6 Å². The van der Waals surface area contributed by atoms with E-state index in [1.165, 1.54) is 24.0 Å². The van der Waals surface area contributed by atoms with Gasteiger partial charge in [-0.1, -0.05) is 24.3 Å². The maximum Gasteiger partial charge on any atom is 0.236 e. The van der Waals surface area contributed by atoms with Crippen molar-refractivity contribution in [3.05, 3.63) is 35.4 Å². The number of benzene rings is 1. The Kier molecular flexibility index (Phi) is 3.56. The fourth-order valence-electron chi connectivity index (χ4n) is 3.06. The molecule has 0 aromatic heterocycles. The average Bonchev–Trinajstić information content (AvgIpc) is 3.16. The topological polar surface area (TPSA) is 32.3 Å². The van der Waals surface area contributed by atoms with Crippen LogP contribution in [0.1, 0.15) is 30.9 Å². The van der Waals surface area contributed by atoms with Crippen molar-refractivity contribution >= 4 is 5.91 Å². The van der Waals surface area contributed by atoms with E-state index in [-0.39, 0.29) is 5.91 Å². The molecule has 0 aliphatic heterocycles. The normalized spacial score (nSPS) is 18.4. The monoisotopic (exact) mass is 258 g/mol. The van der Waals surface area contributed by atoms with Gasteiger partial charge in [-0.3, -0.25) is 4.79 Å². The van der Waals surface area contributed by atoms with Gasteiger partial charge in [-0.2, -0.15) is 0 Å². The highest BCUT2D eigenvalue weighted by Gasteiger charge is 2.31. The number of hydrogen-bond donors (Lipinski definition) is 1. The number of carbonyl (C=O) groups excluding carboxylic acids is 1. The van der Waals surface area contributed by atoms with E-state index in [4.69, 9.17) is 0 Å². The number of fused-ring (bicyclic) bond motifs is 1. The summed E-state index contributed by atoms with van der Waals surface area (Å²) in [7, 11) is 0. The van der Waals surface area contributed by atoms with Crippen LogP contribution in [0.25, 0.3) is 0 Å². The van der Waals surface area contributed by atoms with Crippen molar-refractivity contribution in [2.75, 3.05) is 13.1 Å². The summed E-state index contributed by atoms with van der Waals surface area (Å²) in [5.74, 6) is 0.265. The lowest BCUT2D eigenvalue weighted by molar-refractivity contribution is -0.130. The highest BCUT2D eigenvalue weighted by atomic mass is 16.2. The molecule has 19 heavy (non-hydrogen) atoms. The fourth-order valence-corrected chi connectivity index (χ4v) is 3.06. The number of amides is 1. The maximum atomic E-state index is 12.1. The van der Waals surface area contributed by atoms with Crippen LogP contribution in [0.4, 0.5) is 0 Å². The molecule has 1 amide bonds. The molecular weight excluding hydrogens is 236 g/mol. The van der Waals surface area contributed by atoms with E-state index >= 15 is 0 Å². The Morgan fingerprint density at radius 1 is 1.26 bits per heavy atom. The quantitative estimate of drug-likeness (QED) is 0.872. The largest absolute Gasteiger partial charge is 0.339 e. The summed E-state index contributed by atoms with van der Waals surface area (Å²) in [6.45, 7) is 3.40. The van der Waals surface area contributed by atoms with Crippen LogP contribution < -0.4 is 5.32 Å². The molecule has 0 spiro atoms. The van der Waals surface area contributed by atoms with Crippen LogP contribution in [0.15, 0.2) is 24.3 Å². The minimum absolute atomic E-state index is 0.265. The summed E-state index contributed by atoms with van der Waals surface area (Å²) in [5.41, 5.74) is 2.86. The van der Waals surface area contributed by atoms with E-state index in [2.05, 4.69) is 36.5 Å². The highest BCUT2D eigenvalue weighted by molar-refractivity contribution is 5.79. The predicted molar refractivity (Wildman–Crippen MR) is 76.0 cm³/mol. The smallest absolute Gasteiger partial charge is 0.236 e. The molecule has 3 nitrogen and oxygen atoms in total. The molecule has 0 atom stereocenters. The van der Waals surface area contributed by atoms with E-state index < -0.39 is 0 Å². The van der Waals surface area contributed by atoms with E-state index in [9.17, 15) is 4.79 Å². The van der Waals surface area contributed by atoms with Gasteiger partial charge in [0.15, 0.2) is 0 Å². The Morgan fingerprint density at radius 3 is 2.42 bits per heavy atom. The highest BCUT2D eigenvalue weighted by Crippen LogP contribution is 2.26. The number of nitrogens with one attached hydrogen (secondary N) is 1. The Bertz CT molecular complexity index is 443. The van der Waals surface area contributed by atoms with Gasteiger partial charge in [0.2, 0.25) is 5.91 Å². The molecule has 1 aromatic rings. The van der Waals surface area contributed by atoms with Crippen molar-refractivity contribution in [1.82, 2.24) is 10.2 Å². The third-order valence-corrected chi connectivity index (χ3v) is 4.24. The number of likely N-dealkylation sites (N-methyl/N-ethyl adjacent to an activating group) is 1. The summed E-state index contributed by atoms with van der Waals surface area (Å²) in [6.07, 6.45) is 4.49. The summed E-state index contributed by atoms with van der Waals surface area (Å²) >= 11 is 0. The SMILES string of the molecule is CCN(C(=O)CNC1Cc2ccccc2C1)C1CC1. The molecule has 102 valence electrons. The zero-order chi connectivity index (χ0) is 13.2. The molecule has 0 saturated heterocycles. The summed E-state index contributed by atoms with van der Waals surface area (Å²) in [6, 6.07) is 9.54. The van der Waals surface area contributed by atoms with Gasteiger partial charge < -0.3 is 10.2 Å². The molecule has 3 rings (SSSR count). The molecule has 1 aromatic carbocycles. The van der Waals surface area contributed by atoms with Gasteiger partial charge in [0, 0.05) is 18.6 Å². The molecule has 1 fully saturated rings. The third kappa shape index (κ3) is 2.81. The molecule has 2 aliphatic rings. The average molecular weight is 258 g/mol. The first-order valence-electron chi connectivity index (χ1n) is 7.37. The molecule has 1 N–H and O–H groups in total. The van der Waals surface area contributed by atoms with Gasteiger partial charge in [-0.05, 0) is 43.7 Å². The summed E-state index contributed by atoms with van der Waals surface area (Å²) in [4.78, 5) is 14.2. The lowest BCUT2D eigenvalue weighted by atomic mass is 10.1. The van der Waals surface area contributed by atoms with Crippen molar-refractivity contribution < 1.29 is 4.79 Å². The van der Waals surface area contributed by atoms with Crippen molar-refractivity contribution in [2.45, 2.75) is 44.7 Å². The van der Waals surface area contributed by atoms with Gasteiger partial charge in [0.05, 0.1) is 6.54 Å². The van der Waals surface area contributed by atoms with Crippen molar-refractivity contribution in [2.24, 2.45) is 0 Å². The molecule has 3 heteroatoms. The van der Waals surface area contributed by atoms with Crippen molar-refractivity contribution in [3.8, 4) is 0 Å². The molecule has 1 saturated carbocycles. The second-order valence-corrected chi connectivity index (χ2v) is 5.67. The molecule has 0 heterocycles. The number of hydrogen-bond acceptors (Lipinski definition) is 2. The minimum Gasteiger partial charge on any atom is -0.339 e. The molecule has 0 radical (unpaired) electrons. The lowest BCUT2D eigenvalue weighted by Gasteiger charge is -2.21. The van der Waals surface area contributed by atoms with Gasteiger partial charge in [0.25, 0.3) is 0 Å².